The molecule has 3 aromatic heterocycles. The van der Waals surface area contributed by atoms with Gasteiger partial charge in [-0.05, 0) is 80.4 Å². The van der Waals surface area contributed by atoms with E-state index in [4.69, 9.17) is 15.0 Å². The highest BCUT2D eigenvalue weighted by Crippen LogP contribution is 2.42. The van der Waals surface area contributed by atoms with Crippen LogP contribution in [0.4, 0.5) is 0 Å². The van der Waals surface area contributed by atoms with Crippen molar-refractivity contribution in [3.05, 3.63) is 224 Å². The second kappa shape index (κ2) is 15.2. The maximum Gasteiger partial charge on any atom is 0.164 e. The van der Waals surface area contributed by atoms with Gasteiger partial charge >= 0.3 is 0 Å². The Morgan fingerprint density at radius 1 is 0.338 bits per heavy atom. The van der Waals surface area contributed by atoms with Crippen molar-refractivity contribution in [1.82, 2.24) is 19.5 Å². The van der Waals surface area contributed by atoms with Crippen molar-refractivity contribution in [2.45, 2.75) is 6.54 Å². The smallest absolute Gasteiger partial charge is 0.164 e. The minimum absolute atomic E-state index is 0.609. The van der Waals surface area contributed by atoms with Gasteiger partial charge in [0, 0.05) is 59.6 Å². The first-order valence-electron chi connectivity index (χ1n) is 22.0. The fourth-order valence-electron chi connectivity index (χ4n) is 9.70. The zero-order valence-electron chi connectivity index (χ0n) is 35.2. The van der Waals surface area contributed by atoms with Crippen LogP contribution in [-0.4, -0.2) is 19.5 Å². The van der Waals surface area contributed by atoms with Crippen molar-refractivity contribution in [1.29, 1.82) is 0 Å². The molecule has 0 aliphatic carbocycles. The summed E-state index contributed by atoms with van der Waals surface area (Å²) in [4.78, 5) is 16.1. The fraction of sp³-hybridized carbons (Fsp3) is 0.0167. The molecule has 13 rings (SSSR count). The van der Waals surface area contributed by atoms with E-state index in [0.717, 1.165) is 38.9 Å². The second-order valence-corrected chi connectivity index (χ2v) is 17.9. The first-order valence-corrected chi connectivity index (χ1v) is 22.8. The van der Waals surface area contributed by atoms with Crippen LogP contribution in [-0.2, 0) is 6.54 Å². The fourth-order valence-corrected chi connectivity index (χ4v) is 10.9. The molecule has 0 N–H and O–H groups in total. The van der Waals surface area contributed by atoms with Gasteiger partial charge < -0.3 is 4.57 Å². The van der Waals surface area contributed by atoms with Gasteiger partial charge in [-0.3, -0.25) is 0 Å². The van der Waals surface area contributed by atoms with E-state index in [0.29, 0.717) is 24.0 Å². The first-order chi connectivity index (χ1) is 32.2. The summed E-state index contributed by atoms with van der Waals surface area (Å²) in [5.41, 5.74) is 11.0. The van der Waals surface area contributed by atoms with Crippen LogP contribution >= 0.6 is 11.3 Å². The minimum atomic E-state index is 0.609. The van der Waals surface area contributed by atoms with E-state index < -0.39 is 0 Å². The van der Waals surface area contributed by atoms with E-state index in [1.807, 2.05) is 11.3 Å². The molecule has 65 heavy (non-hydrogen) atoms. The predicted molar refractivity (Wildman–Crippen MR) is 273 cm³/mol. The summed E-state index contributed by atoms with van der Waals surface area (Å²) in [6.07, 6.45) is 0. The molecule has 0 saturated heterocycles. The van der Waals surface area contributed by atoms with Gasteiger partial charge in [-0.2, -0.15) is 0 Å². The van der Waals surface area contributed by atoms with Crippen LogP contribution in [0.25, 0.3) is 120 Å². The number of fused-ring (bicyclic) bond motifs is 9. The van der Waals surface area contributed by atoms with E-state index in [1.54, 1.807) is 0 Å². The third-order valence-electron chi connectivity index (χ3n) is 12.9. The quantitative estimate of drug-likeness (QED) is 0.160. The molecule has 10 aromatic carbocycles. The zero-order valence-corrected chi connectivity index (χ0v) is 36.0. The lowest BCUT2D eigenvalue weighted by Gasteiger charge is -2.16. The molecule has 0 fully saturated rings. The van der Waals surface area contributed by atoms with Gasteiger partial charge in [0.15, 0.2) is 17.5 Å². The molecule has 0 amide bonds. The lowest BCUT2D eigenvalue weighted by molar-refractivity contribution is 0.873. The highest BCUT2D eigenvalue weighted by atomic mass is 32.1. The molecule has 0 bridgehead atoms. The number of aromatic nitrogens is 4. The van der Waals surface area contributed by atoms with E-state index in [2.05, 4.69) is 223 Å². The average Bonchev–Trinajstić information content (AvgIpc) is 3.90. The molecule has 0 aliphatic heterocycles. The second-order valence-electron chi connectivity index (χ2n) is 16.8. The van der Waals surface area contributed by atoms with Crippen molar-refractivity contribution < 1.29 is 0 Å². The summed E-state index contributed by atoms with van der Waals surface area (Å²) in [6.45, 7) is 0.609. The normalized spacial score (nSPS) is 11.8. The van der Waals surface area contributed by atoms with E-state index in [1.165, 1.54) is 69.1 Å². The number of thiophene rings is 1. The Balaban J connectivity index is 1.07. The molecule has 5 heteroatoms. The van der Waals surface area contributed by atoms with Crippen LogP contribution in [0.1, 0.15) is 5.56 Å². The van der Waals surface area contributed by atoms with Crippen molar-refractivity contribution in [3.63, 3.8) is 0 Å². The third-order valence-corrected chi connectivity index (χ3v) is 14.0. The Morgan fingerprint density at radius 3 is 1.71 bits per heavy atom. The van der Waals surface area contributed by atoms with E-state index in [-0.39, 0.29) is 0 Å². The summed E-state index contributed by atoms with van der Waals surface area (Å²) < 4.78 is 5.03. The van der Waals surface area contributed by atoms with Crippen LogP contribution in [0.5, 0.6) is 0 Å². The number of hydrogen-bond acceptors (Lipinski definition) is 4. The maximum absolute atomic E-state index is 5.45. The van der Waals surface area contributed by atoms with Crippen LogP contribution in [0.3, 0.4) is 0 Å². The molecule has 0 unspecified atom stereocenters. The van der Waals surface area contributed by atoms with Gasteiger partial charge in [-0.1, -0.05) is 182 Å². The molecular formula is C60H38N4S. The molecule has 13 aromatic rings. The van der Waals surface area contributed by atoms with Gasteiger partial charge in [0.25, 0.3) is 0 Å². The molecule has 3 heterocycles. The molecule has 4 nitrogen and oxygen atoms in total. The van der Waals surface area contributed by atoms with Crippen LogP contribution in [0.15, 0.2) is 218 Å². The van der Waals surface area contributed by atoms with Crippen LogP contribution < -0.4 is 0 Å². The highest BCUT2D eigenvalue weighted by Gasteiger charge is 2.21. The Hall–Kier alpha value is -8.25. The van der Waals surface area contributed by atoms with Crippen molar-refractivity contribution in [2.75, 3.05) is 0 Å². The molecule has 0 atom stereocenters. The number of benzene rings is 10. The Morgan fingerprint density at radius 2 is 0.923 bits per heavy atom. The number of hydrogen-bond donors (Lipinski definition) is 0. The molecular weight excluding hydrogens is 809 g/mol. The SMILES string of the molecule is c1ccc(-c2ccc(-c3nc(-c4cccc(-c5ccccc5)c4)nc(-c4cc5c(cc4Cn4c6cc7ccccc7cc6c6ccc7ccccc7c64)sc4ccccc45)n3)cc2)cc1. The zero-order chi connectivity index (χ0) is 42.8. The Labute approximate surface area is 379 Å². The van der Waals surface area contributed by atoms with Crippen molar-refractivity contribution in [3.8, 4) is 56.4 Å². The minimum Gasteiger partial charge on any atom is -0.335 e. The van der Waals surface area contributed by atoms with E-state index in [9.17, 15) is 0 Å². The third kappa shape index (κ3) is 6.47. The summed E-state index contributed by atoms with van der Waals surface area (Å²) in [6, 6.07) is 78.3. The van der Waals surface area contributed by atoms with Gasteiger partial charge in [-0.15, -0.1) is 11.3 Å². The average molecular weight is 847 g/mol. The summed E-state index contributed by atoms with van der Waals surface area (Å²) in [5.74, 6) is 1.90. The summed E-state index contributed by atoms with van der Waals surface area (Å²) in [5, 5.41) is 9.83. The van der Waals surface area contributed by atoms with Gasteiger partial charge in [0.05, 0.1) is 11.0 Å². The van der Waals surface area contributed by atoms with Gasteiger partial charge in [0.2, 0.25) is 0 Å². The monoisotopic (exact) mass is 846 g/mol. The molecule has 0 aliphatic rings. The number of rotatable bonds is 7. The van der Waals surface area contributed by atoms with Crippen molar-refractivity contribution >= 4 is 74.9 Å². The maximum atomic E-state index is 5.45. The predicted octanol–water partition coefficient (Wildman–Crippen LogP) is 16.0. The molecule has 0 saturated carbocycles. The Kier molecular flexibility index (Phi) is 8.74. The van der Waals surface area contributed by atoms with E-state index >= 15 is 0 Å². The highest BCUT2D eigenvalue weighted by molar-refractivity contribution is 7.25. The standard InChI is InChI=1S/C60H38N4S/c1-3-14-38(15-4-1)40-26-28-42(29-27-40)58-61-59(46-22-13-21-43(32-46)39-16-5-2-6-17-39)63-60(62-58)51-36-53-49-24-11-12-25-55(49)65-56(53)35-47(51)37-64-54-34-45-20-8-7-19-44(45)33-52(54)50-31-30-41-18-9-10-23-48(41)57(50)64/h1-36H,37H2. The molecule has 0 radical (unpaired) electrons. The van der Waals surface area contributed by atoms with Crippen molar-refractivity contribution in [2.24, 2.45) is 0 Å². The molecule has 304 valence electrons. The van der Waals surface area contributed by atoms with Crippen LogP contribution in [0, 0.1) is 0 Å². The first kappa shape index (κ1) is 37.3. The summed E-state index contributed by atoms with van der Waals surface area (Å²) in [7, 11) is 0. The topological polar surface area (TPSA) is 43.6 Å². The van der Waals surface area contributed by atoms with Gasteiger partial charge in [0.1, 0.15) is 0 Å². The molecule has 0 spiro atoms. The van der Waals surface area contributed by atoms with Gasteiger partial charge in [-0.25, -0.2) is 15.0 Å². The lowest BCUT2D eigenvalue weighted by atomic mass is 10.0. The Bertz CT molecular complexity index is 3960. The van der Waals surface area contributed by atoms with Crippen LogP contribution in [0.2, 0.25) is 0 Å². The largest absolute Gasteiger partial charge is 0.335 e. The summed E-state index contributed by atoms with van der Waals surface area (Å²) >= 11 is 1.84. The lowest BCUT2D eigenvalue weighted by Crippen LogP contribution is -2.05. The number of nitrogens with zero attached hydrogens (tertiary/aromatic N) is 4.